The van der Waals surface area contributed by atoms with Gasteiger partial charge in [0.2, 0.25) is 0 Å². The van der Waals surface area contributed by atoms with Gasteiger partial charge in [-0.15, -0.1) is 0 Å². The van der Waals surface area contributed by atoms with Crippen LogP contribution in [0.1, 0.15) is 35.3 Å². The molecule has 5 heteroatoms. The lowest BCUT2D eigenvalue weighted by Gasteiger charge is -2.33. The lowest BCUT2D eigenvalue weighted by Crippen LogP contribution is -2.39. The van der Waals surface area contributed by atoms with Crippen molar-refractivity contribution in [3.05, 3.63) is 67.5 Å². The van der Waals surface area contributed by atoms with E-state index in [0.717, 1.165) is 12.2 Å². The summed E-state index contributed by atoms with van der Waals surface area (Å²) in [6.45, 7) is 5.69. The summed E-state index contributed by atoms with van der Waals surface area (Å²) in [6, 6.07) is 8.58. The van der Waals surface area contributed by atoms with E-state index in [2.05, 4.69) is 40.8 Å². The van der Waals surface area contributed by atoms with E-state index < -0.39 is 5.69 Å². The molecule has 1 aliphatic rings. The zero-order valence-corrected chi connectivity index (χ0v) is 12.3. The number of nitrogens with zero attached hydrogens (tertiary/aromatic N) is 1. The van der Waals surface area contributed by atoms with E-state index in [1.54, 1.807) is 0 Å². The van der Waals surface area contributed by atoms with Crippen LogP contribution in [0, 0.1) is 6.92 Å². The van der Waals surface area contributed by atoms with Gasteiger partial charge in [-0.3, -0.25) is 14.7 Å². The van der Waals surface area contributed by atoms with Crippen molar-refractivity contribution in [2.24, 2.45) is 0 Å². The first-order valence-corrected chi connectivity index (χ1v) is 7.20. The van der Waals surface area contributed by atoms with Gasteiger partial charge in [0, 0.05) is 30.4 Å². The zero-order chi connectivity index (χ0) is 15.0. The molecule has 0 bridgehead atoms. The Balaban J connectivity index is 1.91. The largest absolute Gasteiger partial charge is 0.325 e. The molecule has 5 nitrogen and oxygen atoms in total. The van der Waals surface area contributed by atoms with E-state index >= 15 is 0 Å². The third kappa shape index (κ3) is 2.56. The maximum Gasteiger partial charge on any atom is 0.325 e. The monoisotopic (exact) mass is 285 g/mol. The summed E-state index contributed by atoms with van der Waals surface area (Å²) in [5, 5.41) is 0. The highest BCUT2D eigenvalue weighted by Gasteiger charge is 2.24. The molecule has 3 rings (SSSR count). The fourth-order valence-electron chi connectivity index (χ4n) is 3.08. The number of fused-ring (bicyclic) bond motifs is 1. The third-order valence-corrected chi connectivity index (χ3v) is 4.33. The number of hydrogen-bond donors (Lipinski definition) is 2. The number of benzene rings is 1. The summed E-state index contributed by atoms with van der Waals surface area (Å²) in [6.07, 6.45) is 0.664. The molecule has 1 aromatic heterocycles. The molecule has 0 fully saturated rings. The second kappa shape index (κ2) is 5.33. The van der Waals surface area contributed by atoms with Crippen LogP contribution in [-0.2, 0) is 13.0 Å². The molecule has 0 saturated heterocycles. The van der Waals surface area contributed by atoms with Gasteiger partial charge in [0.25, 0.3) is 5.56 Å². The molecule has 110 valence electrons. The van der Waals surface area contributed by atoms with Crippen LogP contribution in [0.15, 0.2) is 33.9 Å². The first-order valence-electron chi connectivity index (χ1n) is 7.20. The highest BCUT2D eigenvalue weighted by atomic mass is 16.2. The van der Waals surface area contributed by atoms with Crippen molar-refractivity contribution in [1.29, 1.82) is 0 Å². The standard InChI is InChI=1S/C16H19N3O2/c1-10-5-3-4-6-12(10)11(2)19-8-7-13-14(9-19)17-16(21)18-15(13)20/h3-6,11H,7-9H2,1-2H3,(H2,17,18,20,21). The van der Waals surface area contributed by atoms with Gasteiger partial charge in [-0.05, 0) is 31.4 Å². The Hall–Kier alpha value is -2.14. The van der Waals surface area contributed by atoms with Crippen LogP contribution in [0.25, 0.3) is 0 Å². The van der Waals surface area contributed by atoms with Crippen molar-refractivity contribution in [3.8, 4) is 0 Å². The molecule has 0 spiro atoms. The van der Waals surface area contributed by atoms with Crippen LogP contribution >= 0.6 is 0 Å². The topological polar surface area (TPSA) is 69.0 Å². The van der Waals surface area contributed by atoms with Crippen LogP contribution in [0.4, 0.5) is 0 Å². The molecule has 0 saturated carbocycles. The van der Waals surface area contributed by atoms with Crippen molar-refractivity contribution < 1.29 is 0 Å². The van der Waals surface area contributed by atoms with Crippen LogP contribution in [0.5, 0.6) is 0 Å². The molecule has 21 heavy (non-hydrogen) atoms. The lowest BCUT2D eigenvalue weighted by atomic mass is 9.98. The minimum Gasteiger partial charge on any atom is -0.310 e. The highest BCUT2D eigenvalue weighted by molar-refractivity contribution is 5.29. The summed E-state index contributed by atoms with van der Waals surface area (Å²) in [5.74, 6) is 0. The van der Waals surface area contributed by atoms with E-state index in [-0.39, 0.29) is 11.6 Å². The Kier molecular flexibility index (Phi) is 3.51. The molecule has 0 amide bonds. The molecule has 1 aromatic carbocycles. The van der Waals surface area contributed by atoms with Gasteiger partial charge in [0.05, 0.1) is 0 Å². The molecule has 2 heterocycles. The van der Waals surface area contributed by atoms with Gasteiger partial charge >= 0.3 is 5.69 Å². The van der Waals surface area contributed by atoms with Crippen molar-refractivity contribution in [2.75, 3.05) is 6.54 Å². The Labute approximate surface area is 122 Å². The van der Waals surface area contributed by atoms with Crippen LogP contribution in [-0.4, -0.2) is 21.4 Å². The molecule has 1 unspecified atom stereocenters. The molecule has 0 aliphatic carbocycles. The first-order chi connectivity index (χ1) is 10.1. The molecular weight excluding hydrogens is 266 g/mol. The van der Waals surface area contributed by atoms with Crippen molar-refractivity contribution in [1.82, 2.24) is 14.9 Å². The smallest absolute Gasteiger partial charge is 0.310 e. The Bertz CT molecular complexity index is 776. The van der Waals surface area contributed by atoms with E-state index in [0.29, 0.717) is 18.5 Å². The minimum atomic E-state index is -0.427. The van der Waals surface area contributed by atoms with E-state index in [1.165, 1.54) is 11.1 Å². The molecule has 0 radical (unpaired) electrons. The quantitative estimate of drug-likeness (QED) is 0.878. The van der Waals surface area contributed by atoms with Crippen molar-refractivity contribution >= 4 is 0 Å². The lowest BCUT2D eigenvalue weighted by molar-refractivity contribution is 0.187. The minimum absolute atomic E-state index is 0.252. The molecule has 2 N–H and O–H groups in total. The summed E-state index contributed by atoms with van der Waals surface area (Å²) in [4.78, 5) is 30.6. The fourth-order valence-corrected chi connectivity index (χ4v) is 3.08. The average molecular weight is 285 g/mol. The van der Waals surface area contributed by atoms with Crippen molar-refractivity contribution in [3.63, 3.8) is 0 Å². The Morgan fingerprint density at radius 3 is 2.71 bits per heavy atom. The number of rotatable bonds is 2. The number of hydrogen-bond acceptors (Lipinski definition) is 3. The number of aromatic amines is 2. The van der Waals surface area contributed by atoms with Gasteiger partial charge in [-0.2, -0.15) is 0 Å². The first kappa shape index (κ1) is 13.8. The SMILES string of the molecule is Cc1ccccc1C(C)N1CCc2c([nH]c(=O)[nH]c2=O)C1. The predicted molar refractivity (Wildman–Crippen MR) is 81.4 cm³/mol. The predicted octanol–water partition coefficient (Wildman–Crippen LogP) is 1.49. The summed E-state index contributed by atoms with van der Waals surface area (Å²) in [7, 11) is 0. The normalized spacial score (nSPS) is 16.5. The average Bonchev–Trinajstić information content (AvgIpc) is 2.46. The van der Waals surface area contributed by atoms with Gasteiger partial charge in [-0.1, -0.05) is 24.3 Å². The number of aromatic nitrogens is 2. The van der Waals surface area contributed by atoms with Crippen LogP contribution in [0.3, 0.4) is 0 Å². The van der Waals surface area contributed by atoms with Crippen LogP contribution < -0.4 is 11.2 Å². The van der Waals surface area contributed by atoms with E-state index in [9.17, 15) is 9.59 Å². The van der Waals surface area contributed by atoms with Gasteiger partial charge < -0.3 is 4.98 Å². The highest BCUT2D eigenvalue weighted by Crippen LogP contribution is 2.27. The molecule has 2 aromatic rings. The van der Waals surface area contributed by atoms with Gasteiger partial charge in [0.15, 0.2) is 0 Å². The summed E-state index contributed by atoms with van der Waals surface area (Å²) >= 11 is 0. The Morgan fingerprint density at radius 2 is 1.95 bits per heavy atom. The van der Waals surface area contributed by atoms with Gasteiger partial charge in [-0.25, -0.2) is 4.79 Å². The third-order valence-electron chi connectivity index (χ3n) is 4.33. The van der Waals surface area contributed by atoms with E-state index in [1.807, 2.05) is 12.1 Å². The zero-order valence-electron chi connectivity index (χ0n) is 12.3. The summed E-state index contributed by atoms with van der Waals surface area (Å²) in [5.41, 5.74) is 3.32. The second-order valence-corrected chi connectivity index (χ2v) is 5.62. The summed E-state index contributed by atoms with van der Waals surface area (Å²) < 4.78 is 0. The van der Waals surface area contributed by atoms with Crippen molar-refractivity contribution in [2.45, 2.75) is 32.9 Å². The van der Waals surface area contributed by atoms with Gasteiger partial charge in [0.1, 0.15) is 0 Å². The number of H-pyrrole nitrogens is 2. The van der Waals surface area contributed by atoms with Crippen LogP contribution in [0.2, 0.25) is 0 Å². The number of aryl methyl sites for hydroxylation is 1. The number of nitrogens with one attached hydrogen (secondary N) is 2. The Morgan fingerprint density at radius 1 is 1.19 bits per heavy atom. The maximum absolute atomic E-state index is 11.8. The second-order valence-electron chi connectivity index (χ2n) is 5.62. The fraction of sp³-hybridized carbons (Fsp3) is 0.375. The maximum atomic E-state index is 11.8. The molecule has 1 aliphatic heterocycles. The molecule has 1 atom stereocenters. The molecular formula is C16H19N3O2. The van der Waals surface area contributed by atoms with E-state index in [4.69, 9.17) is 0 Å².